The fourth-order valence-corrected chi connectivity index (χ4v) is 2.97. The molecule has 0 heterocycles. The van der Waals surface area contributed by atoms with Crippen molar-refractivity contribution in [3.63, 3.8) is 0 Å². The van der Waals surface area contributed by atoms with Gasteiger partial charge in [0.25, 0.3) is 5.91 Å². The molecule has 0 saturated carbocycles. The maximum absolute atomic E-state index is 12.6. The molecule has 0 saturated heterocycles. The van der Waals surface area contributed by atoms with Gasteiger partial charge in [-0.15, -0.1) is 0 Å². The third-order valence-corrected chi connectivity index (χ3v) is 4.47. The third-order valence-electron chi connectivity index (χ3n) is 4.27. The molecule has 0 spiro atoms. The van der Waals surface area contributed by atoms with Crippen LogP contribution in [0.4, 0.5) is 5.69 Å². The molecule has 0 aliphatic heterocycles. The molecule has 3 aromatic carbocycles. The van der Waals surface area contributed by atoms with E-state index in [1.807, 2.05) is 30.3 Å². The number of nitrogens with one attached hydrogen (secondary N) is 2. The summed E-state index contributed by atoms with van der Waals surface area (Å²) in [7, 11) is 1.29. The lowest BCUT2D eigenvalue weighted by Gasteiger charge is -2.13. The summed E-state index contributed by atoms with van der Waals surface area (Å²) in [6.07, 6.45) is 0. The summed E-state index contributed by atoms with van der Waals surface area (Å²) in [6, 6.07) is 22.9. The van der Waals surface area contributed by atoms with Gasteiger partial charge in [-0.05, 0) is 54.7 Å². The van der Waals surface area contributed by atoms with Crippen LogP contribution in [-0.2, 0) is 4.74 Å². The van der Waals surface area contributed by atoms with Crippen LogP contribution in [0.15, 0.2) is 78.9 Å². The minimum atomic E-state index is -0.511. The predicted octanol–water partition coefficient (Wildman–Crippen LogP) is 4.06. The standard InChI is InChI=1S/C24H22N2O5S/c1-29-23(28)20-12-5-6-13-21(20)25-24(32)26-22(27)17-8-7-11-19(16-17)31-15-14-30-18-9-3-2-4-10-18/h2-13,16H,14-15H2,1H3,(H2,25,26,27,32). The first-order valence-corrected chi connectivity index (χ1v) is 10.2. The molecule has 0 fully saturated rings. The molecule has 1 amide bonds. The molecule has 0 bridgehead atoms. The lowest BCUT2D eigenvalue weighted by molar-refractivity contribution is 0.0602. The molecule has 7 nitrogen and oxygen atoms in total. The van der Waals surface area contributed by atoms with Crippen LogP contribution in [-0.4, -0.2) is 37.3 Å². The summed E-state index contributed by atoms with van der Waals surface area (Å²) in [6.45, 7) is 0.693. The molecule has 3 rings (SSSR count). The van der Waals surface area contributed by atoms with Crippen LogP contribution in [0, 0.1) is 0 Å². The molecule has 0 radical (unpaired) electrons. The second-order valence-electron chi connectivity index (χ2n) is 6.48. The van der Waals surface area contributed by atoms with Crippen LogP contribution >= 0.6 is 12.2 Å². The van der Waals surface area contributed by atoms with Crippen LogP contribution in [0.5, 0.6) is 11.5 Å². The van der Waals surface area contributed by atoms with Gasteiger partial charge in [-0.3, -0.25) is 10.1 Å². The Balaban J connectivity index is 1.53. The van der Waals surface area contributed by atoms with Crippen LogP contribution in [0.2, 0.25) is 0 Å². The van der Waals surface area contributed by atoms with Crippen LogP contribution in [0.1, 0.15) is 20.7 Å². The topological polar surface area (TPSA) is 85.9 Å². The first kappa shape index (κ1) is 22.8. The number of amides is 1. The zero-order valence-corrected chi connectivity index (χ0v) is 18.2. The lowest BCUT2D eigenvalue weighted by Crippen LogP contribution is -2.34. The van der Waals surface area contributed by atoms with Crippen molar-refractivity contribution in [2.75, 3.05) is 25.6 Å². The van der Waals surface area contributed by atoms with Crippen molar-refractivity contribution in [2.45, 2.75) is 0 Å². The molecule has 0 unspecified atom stereocenters. The summed E-state index contributed by atoms with van der Waals surface area (Å²) < 4.78 is 16.0. The van der Waals surface area contributed by atoms with Crippen molar-refractivity contribution >= 4 is 34.9 Å². The number of para-hydroxylation sites is 2. The van der Waals surface area contributed by atoms with Gasteiger partial charge in [0.15, 0.2) is 5.11 Å². The minimum absolute atomic E-state index is 0.0499. The first-order valence-electron chi connectivity index (χ1n) is 9.77. The van der Waals surface area contributed by atoms with E-state index in [1.165, 1.54) is 7.11 Å². The lowest BCUT2D eigenvalue weighted by atomic mass is 10.2. The van der Waals surface area contributed by atoms with E-state index < -0.39 is 11.9 Å². The molecular formula is C24H22N2O5S. The van der Waals surface area contributed by atoms with Gasteiger partial charge in [-0.2, -0.15) is 0 Å². The van der Waals surface area contributed by atoms with Gasteiger partial charge in [0.05, 0.1) is 18.4 Å². The Morgan fingerprint density at radius 2 is 1.50 bits per heavy atom. The molecule has 0 aliphatic rings. The second-order valence-corrected chi connectivity index (χ2v) is 6.89. The van der Waals surface area contributed by atoms with Gasteiger partial charge in [0.2, 0.25) is 0 Å². The van der Waals surface area contributed by atoms with Crippen molar-refractivity contribution in [1.82, 2.24) is 5.32 Å². The number of hydrogen-bond donors (Lipinski definition) is 2. The van der Waals surface area contributed by atoms with E-state index in [0.29, 0.717) is 35.8 Å². The second kappa shape index (κ2) is 11.5. The Morgan fingerprint density at radius 1 is 0.844 bits per heavy atom. The van der Waals surface area contributed by atoms with Gasteiger partial charge < -0.3 is 19.5 Å². The Morgan fingerprint density at radius 3 is 2.25 bits per heavy atom. The molecule has 3 aromatic rings. The largest absolute Gasteiger partial charge is 0.490 e. The van der Waals surface area contributed by atoms with E-state index in [0.717, 1.165) is 5.75 Å². The smallest absolute Gasteiger partial charge is 0.339 e. The third kappa shape index (κ3) is 6.55. The molecule has 2 N–H and O–H groups in total. The summed E-state index contributed by atoms with van der Waals surface area (Å²) in [5, 5.41) is 5.49. The Hall–Kier alpha value is -3.91. The van der Waals surface area contributed by atoms with Crippen molar-refractivity contribution < 1.29 is 23.8 Å². The Labute approximate surface area is 191 Å². The average molecular weight is 451 g/mol. The van der Waals surface area contributed by atoms with Gasteiger partial charge in [0.1, 0.15) is 24.7 Å². The number of thiocarbonyl (C=S) groups is 1. The predicted molar refractivity (Wildman–Crippen MR) is 125 cm³/mol. The fourth-order valence-electron chi connectivity index (χ4n) is 2.77. The SMILES string of the molecule is COC(=O)c1ccccc1NC(=S)NC(=O)c1cccc(OCCOc2ccccc2)c1. The highest BCUT2D eigenvalue weighted by Crippen LogP contribution is 2.17. The van der Waals surface area contributed by atoms with E-state index in [-0.39, 0.29) is 5.11 Å². The number of benzene rings is 3. The van der Waals surface area contributed by atoms with Crippen molar-refractivity contribution in [3.05, 3.63) is 90.0 Å². The van der Waals surface area contributed by atoms with Crippen molar-refractivity contribution in [1.29, 1.82) is 0 Å². The number of rotatable bonds is 8. The molecule has 0 aromatic heterocycles. The maximum atomic E-state index is 12.6. The van der Waals surface area contributed by atoms with Gasteiger partial charge in [-0.25, -0.2) is 4.79 Å². The fraction of sp³-hybridized carbons (Fsp3) is 0.125. The zero-order chi connectivity index (χ0) is 22.8. The minimum Gasteiger partial charge on any atom is -0.490 e. The van der Waals surface area contributed by atoms with Crippen molar-refractivity contribution in [2.24, 2.45) is 0 Å². The van der Waals surface area contributed by atoms with Gasteiger partial charge in [-0.1, -0.05) is 36.4 Å². The van der Waals surface area contributed by atoms with Crippen LogP contribution in [0.3, 0.4) is 0 Å². The Kier molecular flexibility index (Phi) is 8.16. The monoisotopic (exact) mass is 450 g/mol. The van der Waals surface area contributed by atoms with E-state index in [9.17, 15) is 9.59 Å². The molecular weight excluding hydrogens is 428 g/mol. The summed E-state index contributed by atoms with van der Waals surface area (Å²) in [5.41, 5.74) is 1.11. The normalized spacial score (nSPS) is 10.0. The molecule has 8 heteroatoms. The Bertz CT molecular complexity index is 1090. The first-order chi connectivity index (χ1) is 15.6. The van der Waals surface area contributed by atoms with E-state index >= 15 is 0 Å². The summed E-state index contributed by atoms with van der Waals surface area (Å²) in [4.78, 5) is 24.4. The number of hydrogen-bond acceptors (Lipinski definition) is 6. The number of carbonyl (C=O) groups is 2. The highest BCUT2D eigenvalue weighted by Gasteiger charge is 2.14. The number of methoxy groups -OCH3 is 1. The quantitative estimate of drug-likeness (QED) is 0.304. The molecule has 0 aliphatic carbocycles. The van der Waals surface area contributed by atoms with Gasteiger partial charge in [0, 0.05) is 5.56 Å². The number of carbonyl (C=O) groups excluding carboxylic acids is 2. The zero-order valence-electron chi connectivity index (χ0n) is 17.4. The van der Waals surface area contributed by atoms with Crippen LogP contribution < -0.4 is 20.1 Å². The number of esters is 1. The summed E-state index contributed by atoms with van der Waals surface area (Å²) in [5.74, 6) is 0.371. The number of ether oxygens (including phenoxy) is 3. The average Bonchev–Trinajstić information content (AvgIpc) is 2.82. The molecule has 164 valence electrons. The van der Waals surface area contributed by atoms with E-state index in [2.05, 4.69) is 10.6 Å². The van der Waals surface area contributed by atoms with E-state index in [4.69, 9.17) is 26.4 Å². The summed E-state index contributed by atoms with van der Waals surface area (Å²) >= 11 is 5.22. The maximum Gasteiger partial charge on any atom is 0.339 e. The molecule has 32 heavy (non-hydrogen) atoms. The van der Waals surface area contributed by atoms with Crippen LogP contribution in [0.25, 0.3) is 0 Å². The van der Waals surface area contributed by atoms with Gasteiger partial charge >= 0.3 is 5.97 Å². The number of anilines is 1. The van der Waals surface area contributed by atoms with E-state index in [1.54, 1.807) is 48.5 Å². The van der Waals surface area contributed by atoms with Crippen molar-refractivity contribution in [3.8, 4) is 11.5 Å². The highest BCUT2D eigenvalue weighted by atomic mass is 32.1. The molecule has 0 atom stereocenters. The highest BCUT2D eigenvalue weighted by molar-refractivity contribution is 7.80.